The molecule has 1 N–H and O–H groups in total. The van der Waals surface area contributed by atoms with Crippen LogP contribution in [-0.4, -0.2) is 42.5 Å². The number of nitrogens with one attached hydrogen (secondary N) is 1. The summed E-state index contributed by atoms with van der Waals surface area (Å²) in [5.41, 5.74) is 0.673. The quantitative estimate of drug-likeness (QED) is 0.918. The lowest BCUT2D eigenvalue weighted by Gasteiger charge is -2.32. The maximum Gasteiger partial charge on any atom is 0.253 e. The smallest absolute Gasteiger partial charge is 0.253 e. The van der Waals surface area contributed by atoms with Crippen molar-refractivity contribution in [2.75, 3.05) is 26.7 Å². The van der Waals surface area contributed by atoms with Gasteiger partial charge in [-0.05, 0) is 62.7 Å². The third-order valence-electron chi connectivity index (χ3n) is 4.27. The number of amides is 1. The lowest BCUT2D eigenvalue weighted by Crippen LogP contribution is -2.42. The predicted molar refractivity (Wildman–Crippen MR) is 93.3 cm³/mol. The van der Waals surface area contributed by atoms with E-state index in [4.69, 9.17) is 4.74 Å². The Kier molecular flexibility index (Phi) is 5.43. The van der Waals surface area contributed by atoms with Crippen molar-refractivity contribution in [2.45, 2.75) is 12.8 Å². The lowest BCUT2D eigenvalue weighted by molar-refractivity contribution is 0.0674. The summed E-state index contributed by atoms with van der Waals surface area (Å²) < 4.78 is 5.80. The number of nitrogens with zero attached hydrogens (tertiary/aromatic N) is 2. The van der Waals surface area contributed by atoms with Crippen molar-refractivity contribution >= 4 is 5.91 Å². The summed E-state index contributed by atoms with van der Waals surface area (Å²) in [6.07, 6.45) is 5.60. The zero-order chi connectivity index (χ0) is 16.8. The molecule has 0 radical (unpaired) electrons. The van der Waals surface area contributed by atoms with Crippen molar-refractivity contribution in [1.29, 1.82) is 0 Å². The molecule has 1 saturated heterocycles. The number of carbonyl (C=O) groups excluding carboxylic acids is 1. The minimum Gasteiger partial charge on any atom is -0.457 e. The van der Waals surface area contributed by atoms with Crippen LogP contribution in [0, 0.1) is 5.92 Å². The number of ether oxygens (including phenoxy) is 1. The van der Waals surface area contributed by atoms with Crippen LogP contribution in [0.5, 0.6) is 11.5 Å². The summed E-state index contributed by atoms with van der Waals surface area (Å²) in [4.78, 5) is 18.7. The van der Waals surface area contributed by atoms with Crippen LogP contribution in [0.3, 0.4) is 0 Å². The average Bonchev–Trinajstić information content (AvgIpc) is 2.63. The van der Waals surface area contributed by atoms with Crippen molar-refractivity contribution in [2.24, 2.45) is 5.92 Å². The second-order valence-corrected chi connectivity index (χ2v) is 6.13. The van der Waals surface area contributed by atoms with Crippen molar-refractivity contribution < 1.29 is 9.53 Å². The van der Waals surface area contributed by atoms with Gasteiger partial charge in [0.05, 0.1) is 0 Å². The number of rotatable bonds is 5. The van der Waals surface area contributed by atoms with Crippen LogP contribution >= 0.6 is 0 Å². The number of hydrogen-bond donors (Lipinski definition) is 1. The van der Waals surface area contributed by atoms with Crippen molar-refractivity contribution in [3.63, 3.8) is 0 Å². The van der Waals surface area contributed by atoms with E-state index >= 15 is 0 Å². The summed E-state index contributed by atoms with van der Waals surface area (Å²) in [5.74, 6) is 1.98. The van der Waals surface area contributed by atoms with Gasteiger partial charge in [-0.3, -0.25) is 9.78 Å². The molecule has 2 aromatic rings. The zero-order valence-corrected chi connectivity index (χ0v) is 13.9. The zero-order valence-electron chi connectivity index (χ0n) is 13.9. The predicted octanol–water partition coefficient (Wildman–Crippen LogP) is 2.95. The molecule has 1 aromatic heterocycles. The van der Waals surface area contributed by atoms with Crippen molar-refractivity contribution in [3.8, 4) is 11.5 Å². The second-order valence-electron chi connectivity index (χ2n) is 6.13. The number of hydrogen-bond acceptors (Lipinski definition) is 4. The topological polar surface area (TPSA) is 54.5 Å². The molecule has 0 saturated carbocycles. The third-order valence-corrected chi connectivity index (χ3v) is 4.27. The number of benzene rings is 1. The summed E-state index contributed by atoms with van der Waals surface area (Å²) in [6.45, 7) is 2.60. The Morgan fingerprint density at radius 1 is 1.29 bits per heavy atom. The van der Waals surface area contributed by atoms with Gasteiger partial charge in [-0.1, -0.05) is 6.07 Å². The summed E-state index contributed by atoms with van der Waals surface area (Å²) in [6, 6.07) is 11.0. The first-order valence-electron chi connectivity index (χ1n) is 8.38. The summed E-state index contributed by atoms with van der Waals surface area (Å²) >= 11 is 0. The standard InChI is InChI=1S/C19H23N3O2/c1-20-13-15-4-3-11-22(14-15)19(23)16-5-2-6-18(12-16)24-17-7-9-21-10-8-17/h2,5-10,12,15,20H,3-4,11,13-14H2,1H3. The molecule has 5 heteroatoms. The fourth-order valence-electron chi connectivity index (χ4n) is 3.12. The molecule has 0 spiro atoms. The van der Waals surface area contributed by atoms with Crippen LogP contribution in [0.2, 0.25) is 0 Å². The molecule has 3 rings (SSSR count). The molecule has 1 aliphatic heterocycles. The van der Waals surface area contributed by atoms with E-state index in [0.717, 1.165) is 26.1 Å². The van der Waals surface area contributed by atoms with Crippen LogP contribution in [0.1, 0.15) is 23.2 Å². The Bertz CT molecular complexity index is 673. The van der Waals surface area contributed by atoms with E-state index in [-0.39, 0.29) is 5.91 Å². The Morgan fingerprint density at radius 3 is 2.92 bits per heavy atom. The van der Waals surface area contributed by atoms with Crippen molar-refractivity contribution in [1.82, 2.24) is 15.2 Å². The minimum absolute atomic E-state index is 0.0796. The van der Waals surface area contributed by atoms with Gasteiger partial charge in [0, 0.05) is 31.0 Å². The van der Waals surface area contributed by atoms with Crippen LogP contribution < -0.4 is 10.1 Å². The average molecular weight is 325 g/mol. The van der Waals surface area contributed by atoms with Crippen LogP contribution in [0.25, 0.3) is 0 Å². The fourth-order valence-corrected chi connectivity index (χ4v) is 3.12. The van der Waals surface area contributed by atoms with Crippen LogP contribution in [0.15, 0.2) is 48.8 Å². The molecule has 24 heavy (non-hydrogen) atoms. The minimum atomic E-state index is 0.0796. The van der Waals surface area contributed by atoms with Gasteiger partial charge in [0.25, 0.3) is 5.91 Å². The third kappa shape index (κ3) is 4.11. The Morgan fingerprint density at radius 2 is 2.12 bits per heavy atom. The van der Waals surface area contributed by atoms with E-state index in [0.29, 0.717) is 23.0 Å². The van der Waals surface area contributed by atoms with E-state index in [2.05, 4.69) is 10.3 Å². The first kappa shape index (κ1) is 16.5. The molecular formula is C19H23N3O2. The number of aromatic nitrogens is 1. The molecule has 126 valence electrons. The molecule has 1 aliphatic rings. The highest BCUT2D eigenvalue weighted by molar-refractivity contribution is 5.94. The van der Waals surface area contributed by atoms with Gasteiger partial charge >= 0.3 is 0 Å². The second kappa shape index (κ2) is 7.93. The number of pyridine rings is 1. The highest BCUT2D eigenvalue weighted by Gasteiger charge is 2.24. The normalized spacial score (nSPS) is 17.5. The van der Waals surface area contributed by atoms with Crippen molar-refractivity contribution in [3.05, 3.63) is 54.4 Å². The largest absolute Gasteiger partial charge is 0.457 e. The molecular weight excluding hydrogens is 302 g/mol. The molecule has 1 amide bonds. The van der Waals surface area contributed by atoms with E-state index in [1.165, 1.54) is 6.42 Å². The molecule has 1 aromatic carbocycles. The molecule has 2 heterocycles. The first-order chi connectivity index (χ1) is 11.8. The van der Waals surface area contributed by atoms with Gasteiger partial charge in [0.15, 0.2) is 0 Å². The van der Waals surface area contributed by atoms with E-state index in [1.807, 2.05) is 36.2 Å². The SMILES string of the molecule is CNCC1CCCN(C(=O)c2cccc(Oc3ccncc3)c2)C1. The number of piperidine rings is 1. The Hall–Kier alpha value is -2.40. The molecule has 1 fully saturated rings. The molecule has 1 unspecified atom stereocenters. The van der Waals surface area contributed by atoms with Gasteiger partial charge in [-0.15, -0.1) is 0 Å². The monoisotopic (exact) mass is 325 g/mol. The molecule has 1 atom stereocenters. The lowest BCUT2D eigenvalue weighted by atomic mass is 9.97. The highest BCUT2D eigenvalue weighted by atomic mass is 16.5. The van der Waals surface area contributed by atoms with Gasteiger partial charge < -0.3 is 15.0 Å². The van der Waals surface area contributed by atoms with Crippen LogP contribution in [-0.2, 0) is 0 Å². The summed E-state index contributed by atoms with van der Waals surface area (Å²) in [7, 11) is 1.96. The first-order valence-corrected chi connectivity index (χ1v) is 8.38. The molecule has 0 aliphatic carbocycles. The number of likely N-dealkylation sites (tertiary alicyclic amines) is 1. The Labute approximate surface area is 142 Å². The van der Waals surface area contributed by atoms with E-state index < -0.39 is 0 Å². The summed E-state index contributed by atoms with van der Waals surface area (Å²) in [5, 5.41) is 3.21. The maximum atomic E-state index is 12.8. The Balaban J connectivity index is 1.70. The maximum absolute atomic E-state index is 12.8. The van der Waals surface area contributed by atoms with Gasteiger partial charge in [0.2, 0.25) is 0 Å². The van der Waals surface area contributed by atoms with E-state index in [9.17, 15) is 4.79 Å². The number of carbonyl (C=O) groups is 1. The fraction of sp³-hybridized carbons (Fsp3) is 0.368. The van der Waals surface area contributed by atoms with Gasteiger partial charge in [-0.25, -0.2) is 0 Å². The molecule has 5 nitrogen and oxygen atoms in total. The van der Waals surface area contributed by atoms with E-state index in [1.54, 1.807) is 24.5 Å². The van der Waals surface area contributed by atoms with Crippen LogP contribution in [0.4, 0.5) is 0 Å². The van der Waals surface area contributed by atoms with Gasteiger partial charge in [0.1, 0.15) is 11.5 Å². The molecule has 0 bridgehead atoms. The highest BCUT2D eigenvalue weighted by Crippen LogP contribution is 2.23. The van der Waals surface area contributed by atoms with Gasteiger partial charge in [-0.2, -0.15) is 0 Å².